The van der Waals surface area contributed by atoms with Gasteiger partial charge in [-0.05, 0) is 26.0 Å². The molecule has 0 saturated carbocycles. The molecule has 4 heteroatoms. The lowest BCUT2D eigenvalue weighted by atomic mass is 10.0. The van der Waals surface area contributed by atoms with Crippen molar-refractivity contribution in [3.63, 3.8) is 0 Å². The van der Waals surface area contributed by atoms with Crippen LogP contribution in [0, 0.1) is 6.92 Å². The number of likely N-dealkylation sites (N-methyl/N-ethyl adjacent to an activating group) is 1. The minimum atomic E-state index is 0.269. The summed E-state index contributed by atoms with van der Waals surface area (Å²) in [5.41, 5.74) is 2.34. The monoisotopic (exact) mass is 253 g/mol. The van der Waals surface area contributed by atoms with Crippen LogP contribution in [-0.4, -0.2) is 35.6 Å². The summed E-state index contributed by atoms with van der Waals surface area (Å²) < 4.78 is 7.60. The summed E-state index contributed by atoms with van der Waals surface area (Å²) in [6, 6.07) is 2.51. The molecule has 0 bridgehead atoms. The largest absolute Gasteiger partial charge is 0.380 e. The number of ether oxygens (including phenoxy) is 1. The molecular weight excluding hydrogens is 226 g/mol. The van der Waals surface area contributed by atoms with Crippen molar-refractivity contribution in [1.82, 2.24) is 15.1 Å². The first-order valence-electron chi connectivity index (χ1n) is 6.88. The molecule has 104 valence electrons. The van der Waals surface area contributed by atoms with Crippen molar-refractivity contribution in [3.05, 3.63) is 17.5 Å². The average Bonchev–Trinajstić information content (AvgIpc) is 2.64. The van der Waals surface area contributed by atoms with E-state index < -0.39 is 0 Å². The molecule has 1 heterocycles. The summed E-state index contributed by atoms with van der Waals surface area (Å²) in [5.74, 6) is 0. The molecule has 0 spiro atoms. The average molecular weight is 253 g/mol. The van der Waals surface area contributed by atoms with Crippen LogP contribution < -0.4 is 5.32 Å². The third-order valence-electron chi connectivity index (χ3n) is 3.32. The standard InChI is InChI=1S/C14H27N3O/c1-6-8-14(18-5)13(15-7-2)10-12-9-11(3)16-17(12)4/h9,13-15H,6-8,10H2,1-5H3. The van der Waals surface area contributed by atoms with Crippen LogP contribution in [0.3, 0.4) is 0 Å². The predicted octanol–water partition coefficient (Wildman–Crippen LogP) is 2.06. The Hall–Kier alpha value is -0.870. The fourth-order valence-corrected chi connectivity index (χ4v) is 2.45. The lowest BCUT2D eigenvalue weighted by Gasteiger charge is -2.26. The Morgan fingerprint density at radius 1 is 1.44 bits per heavy atom. The maximum absolute atomic E-state index is 5.63. The summed E-state index contributed by atoms with van der Waals surface area (Å²) in [7, 11) is 3.81. The van der Waals surface area contributed by atoms with Crippen LogP contribution in [0.15, 0.2) is 6.07 Å². The van der Waals surface area contributed by atoms with E-state index in [9.17, 15) is 0 Å². The van der Waals surface area contributed by atoms with E-state index in [4.69, 9.17) is 4.74 Å². The maximum Gasteiger partial charge on any atom is 0.0728 e. The lowest BCUT2D eigenvalue weighted by molar-refractivity contribution is 0.0608. The molecule has 0 fully saturated rings. The molecule has 2 unspecified atom stereocenters. The van der Waals surface area contributed by atoms with Crippen LogP contribution >= 0.6 is 0 Å². The van der Waals surface area contributed by atoms with Gasteiger partial charge >= 0.3 is 0 Å². The van der Waals surface area contributed by atoms with E-state index >= 15 is 0 Å². The third-order valence-corrected chi connectivity index (χ3v) is 3.32. The van der Waals surface area contributed by atoms with Gasteiger partial charge in [-0.3, -0.25) is 4.68 Å². The Balaban J connectivity index is 2.75. The highest BCUT2D eigenvalue weighted by Crippen LogP contribution is 2.13. The summed E-state index contributed by atoms with van der Waals surface area (Å²) >= 11 is 0. The van der Waals surface area contributed by atoms with Gasteiger partial charge in [0.2, 0.25) is 0 Å². The molecule has 0 amide bonds. The van der Waals surface area contributed by atoms with E-state index in [1.165, 1.54) is 5.69 Å². The second-order valence-corrected chi connectivity index (χ2v) is 4.83. The smallest absolute Gasteiger partial charge is 0.0728 e. The van der Waals surface area contributed by atoms with Gasteiger partial charge in [0.1, 0.15) is 0 Å². The Morgan fingerprint density at radius 3 is 2.61 bits per heavy atom. The molecule has 1 N–H and O–H groups in total. The molecule has 0 radical (unpaired) electrons. The highest BCUT2D eigenvalue weighted by Gasteiger charge is 2.21. The van der Waals surface area contributed by atoms with Gasteiger partial charge in [-0.2, -0.15) is 5.10 Å². The number of rotatable bonds is 8. The summed E-state index contributed by atoms with van der Waals surface area (Å²) in [6.07, 6.45) is 3.46. The third kappa shape index (κ3) is 4.10. The van der Waals surface area contributed by atoms with Crippen LogP contribution in [0.4, 0.5) is 0 Å². The van der Waals surface area contributed by atoms with Gasteiger partial charge < -0.3 is 10.1 Å². The van der Waals surface area contributed by atoms with E-state index in [1.807, 2.05) is 18.7 Å². The molecule has 0 aliphatic heterocycles. The van der Waals surface area contributed by atoms with Gasteiger partial charge in [0.25, 0.3) is 0 Å². The van der Waals surface area contributed by atoms with Crippen molar-refractivity contribution in [2.75, 3.05) is 13.7 Å². The van der Waals surface area contributed by atoms with Crippen LogP contribution in [0.1, 0.15) is 38.1 Å². The van der Waals surface area contributed by atoms with Gasteiger partial charge in [0.05, 0.1) is 11.8 Å². The zero-order chi connectivity index (χ0) is 13.5. The highest BCUT2D eigenvalue weighted by atomic mass is 16.5. The number of methoxy groups -OCH3 is 1. The number of aryl methyl sites for hydroxylation is 2. The van der Waals surface area contributed by atoms with Crippen LogP contribution in [0.25, 0.3) is 0 Å². The van der Waals surface area contributed by atoms with Gasteiger partial charge in [-0.25, -0.2) is 0 Å². The molecule has 0 saturated heterocycles. The SMILES string of the molecule is CCCC(OC)C(Cc1cc(C)nn1C)NCC. The fourth-order valence-electron chi connectivity index (χ4n) is 2.45. The molecule has 18 heavy (non-hydrogen) atoms. The van der Waals surface area contributed by atoms with Crippen molar-refractivity contribution >= 4 is 0 Å². The van der Waals surface area contributed by atoms with Gasteiger partial charge in [0.15, 0.2) is 0 Å². The molecule has 1 rings (SSSR count). The molecule has 0 aliphatic carbocycles. The Bertz CT molecular complexity index is 349. The Kier molecular flexibility index (Phi) is 6.36. The summed E-state index contributed by atoms with van der Waals surface area (Å²) in [4.78, 5) is 0. The number of hydrogen-bond acceptors (Lipinski definition) is 3. The van der Waals surface area contributed by atoms with Crippen molar-refractivity contribution < 1.29 is 4.74 Å². The predicted molar refractivity (Wildman–Crippen MR) is 74.8 cm³/mol. The lowest BCUT2D eigenvalue weighted by Crippen LogP contribution is -2.42. The van der Waals surface area contributed by atoms with Crippen molar-refractivity contribution in [1.29, 1.82) is 0 Å². The molecule has 1 aromatic heterocycles. The van der Waals surface area contributed by atoms with E-state index in [0.717, 1.165) is 31.5 Å². The highest BCUT2D eigenvalue weighted by molar-refractivity contribution is 5.10. The van der Waals surface area contributed by atoms with Crippen LogP contribution in [-0.2, 0) is 18.2 Å². The quantitative estimate of drug-likeness (QED) is 0.771. The minimum Gasteiger partial charge on any atom is -0.380 e. The van der Waals surface area contributed by atoms with E-state index in [-0.39, 0.29) is 6.10 Å². The number of aromatic nitrogens is 2. The van der Waals surface area contributed by atoms with Gasteiger partial charge in [-0.15, -0.1) is 0 Å². The number of nitrogens with zero attached hydrogens (tertiary/aromatic N) is 2. The van der Waals surface area contributed by atoms with Crippen molar-refractivity contribution in [2.45, 2.75) is 52.2 Å². The first-order chi connectivity index (χ1) is 8.62. The zero-order valence-corrected chi connectivity index (χ0v) is 12.4. The summed E-state index contributed by atoms with van der Waals surface area (Å²) in [6.45, 7) is 7.33. The van der Waals surface area contributed by atoms with E-state index in [2.05, 4.69) is 30.3 Å². The summed E-state index contributed by atoms with van der Waals surface area (Å²) in [5, 5.41) is 7.94. The molecule has 0 aliphatic rings. The minimum absolute atomic E-state index is 0.269. The number of nitrogens with one attached hydrogen (secondary N) is 1. The normalized spacial score (nSPS) is 14.7. The fraction of sp³-hybridized carbons (Fsp3) is 0.786. The van der Waals surface area contributed by atoms with E-state index in [0.29, 0.717) is 6.04 Å². The number of hydrogen-bond donors (Lipinski definition) is 1. The van der Waals surface area contributed by atoms with E-state index in [1.54, 1.807) is 7.11 Å². The topological polar surface area (TPSA) is 39.1 Å². The zero-order valence-electron chi connectivity index (χ0n) is 12.4. The van der Waals surface area contributed by atoms with Crippen molar-refractivity contribution in [2.24, 2.45) is 7.05 Å². The van der Waals surface area contributed by atoms with Gasteiger partial charge in [-0.1, -0.05) is 20.3 Å². The second kappa shape index (κ2) is 7.54. The molecular formula is C14H27N3O. The van der Waals surface area contributed by atoms with Crippen molar-refractivity contribution in [3.8, 4) is 0 Å². The van der Waals surface area contributed by atoms with Crippen LogP contribution in [0.2, 0.25) is 0 Å². The first kappa shape index (κ1) is 15.2. The van der Waals surface area contributed by atoms with Crippen LogP contribution in [0.5, 0.6) is 0 Å². The molecule has 1 aromatic rings. The maximum atomic E-state index is 5.63. The van der Waals surface area contributed by atoms with Gasteiger partial charge in [0, 0.05) is 32.3 Å². The molecule has 2 atom stereocenters. The Labute approximate surface area is 111 Å². The first-order valence-corrected chi connectivity index (χ1v) is 6.88. The molecule has 4 nitrogen and oxygen atoms in total. The Morgan fingerprint density at radius 2 is 2.17 bits per heavy atom. The molecule has 0 aromatic carbocycles. The second-order valence-electron chi connectivity index (χ2n) is 4.83.